The molecular formula is C14H17BrO5. The molecule has 4 atom stereocenters. The molecule has 1 fully saturated rings. The van der Waals surface area contributed by atoms with Gasteiger partial charge >= 0.3 is 5.97 Å². The molecule has 1 saturated heterocycles. The Morgan fingerprint density at radius 1 is 1.45 bits per heavy atom. The van der Waals surface area contributed by atoms with Gasteiger partial charge in [-0.05, 0) is 12.1 Å². The summed E-state index contributed by atoms with van der Waals surface area (Å²) >= 11 is 3.32. The minimum Gasteiger partial charge on any atom is -0.456 e. The summed E-state index contributed by atoms with van der Waals surface area (Å²) in [5.41, 5.74) is 0.476. The van der Waals surface area contributed by atoms with Crippen LogP contribution in [-0.2, 0) is 14.2 Å². The van der Waals surface area contributed by atoms with Gasteiger partial charge in [-0.2, -0.15) is 0 Å². The standard InChI is InChI=1S/C14H17BrO5/c1-18-14-10(16)7-11(12(8-15)20-14)19-13(17)9-5-3-2-4-6-9/h2-6,10-12,14,16H,7-8H2,1H3/t10-,11-,12+,14-/m0/s1. The SMILES string of the molecule is CO[C@H]1O[C@H](CBr)[C@@H](OC(=O)c2ccccc2)C[C@@H]1O. The quantitative estimate of drug-likeness (QED) is 0.665. The molecule has 0 unspecified atom stereocenters. The molecule has 1 heterocycles. The molecule has 1 aliphatic rings. The first-order valence-electron chi connectivity index (χ1n) is 6.34. The topological polar surface area (TPSA) is 65.0 Å². The van der Waals surface area contributed by atoms with E-state index in [4.69, 9.17) is 14.2 Å². The summed E-state index contributed by atoms with van der Waals surface area (Å²) < 4.78 is 16.0. The number of aliphatic hydroxyl groups excluding tert-OH is 1. The molecule has 0 aliphatic carbocycles. The van der Waals surface area contributed by atoms with Gasteiger partial charge in [-0.3, -0.25) is 0 Å². The van der Waals surface area contributed by atoms with Crippen molar-refractivity contribution in [1.82, 2.24) is 0 Å². The van der Waals surface area contributed by atoms with Crippen molar-refractivity contribution in [1.29, 1.82) is 0 Å². The largest absolute Gasteiger partial charge is 0.456 e. The first-order chi connectivity index (χ1) is 9.65. The number of methoxy groups -OCH3 is 1. The Kier molecular flexibility index (Phi) is 5.54. The number of benzene rings is 1. The number of hydrogen-bond acceptors (Lipinski definition) is 5. The molecule has 0 saturated carbocycles. The van der Waals surface area contributed by atoms with Crippen molar-refractivity contribution >= 4 is 21.9 Å². The Hall–Kier alpha value is -0.950. The van der Waals surface area contributed by atoms with E-state index in [0.717, 1.165) is 0 Å². The summed E-state index contributed by atoms with van der Waals surface area (Å²) in [6.45, 7) is 0. The molecule has 0 bridgehead atoms. The van der Waals surface area contributed by atoms with Gasteiger partial charge in [0.2, 0.25) is 0 Å². The number of aliphatic hydroxyl groups is 1. The molecule has 1 aromatic carbocycles. The lowest BCUT2D eigenvalue weighted by atomic mass is 10.0. The minimum absolute atomic E-state index is 0.285. The number of ether oxygens (including phenoxy) is 3. The second-order valence-corrected chi connectivity index (χ2v) is 5.19. The number of halogens is 1. The fourth-order valence-electron chi connectivity index (χ4n) is 2.10. The number of rotatable bonds is 4. The van der Waals surface area contributed by atoms with Crippen LogP contribution >= 0.6 is 15.9 Å². The van der Waals surface area contributed by atoms with Crippen molar-refractivity contribution in [2.45, 2.75) is 31.0 Å². The van der Waals surface area contributed by atoms with Crippen molar-refractivity contribution in [2.24, 2.45) is 0 Å². The number of alkyl halides is 1. The zero-order chi connectivity index (χ0) is 14.5. The van der Waals surface area contributed by atoms with Crippen molar-refractivity contribution < 1.29 is 24.1 Å². The Bertz CT molecular complexity index is 438. The summed E-state index contributed by atoms with van der Waals surface area (Å²) in [6.07, 6.45) is -2.08. The molecule has 0 amide bonds. The van der Waals surface area contributed by atoms with Gasteiger partial charge < -0.3 is 19.3 Å². The smallest absolute Gasteiger partial charge is 0.338 e. The second kappa shape index (κ2) is 7.17. The maximum Gasteiger partial charge on any atom is 0.338 e. The summed E-state index contributed by atoms with van der Waals surface area (Å²) in [5.74, 6) is -0.423. The van der Waals surface area contributed by atoms with Crippen LogP contribution in [0.15, 0.2) is 30.3 Å². The maximum atomic E-state index is 12.0. The Morgan fingerprint density at radius 3 is 2.75 bits per heavy atom. The van der Waals surface area contributed by atoms with Crippen LogP contribution in [0.5, 0.6) is 0 Å². The normalized spacial score (nSPS) is 29.9. The maximum absolute atomic E-state index is 12.0. The predicted molar refractivity (Wildman–Crippen MR) is 75.7 cm³/mol. The van der Waals surface area contributed by atoms with E-state index in [0.29, 0.717) is 10.9 Å². The van der Waals surface area contributed by atoms with Gasteiger partial charge in [-0.1, -0.05) is 34.1 Å². The average Bonchev–Trinajstić information content (AvgIpc) is 2.48. The third kappa shape index (κ3) is 3.58. The lowest BCUT2D eigenvalue weighted by molar-refractivity contribution is -0.249. The molecule has 0 radical (unpaired) electrons. The minimum atomic E-state index is -0.816. The lowest BCUT2D eigenvalue weighted by Crippen LogP contribution is -2.50. The van der Waals surface area contributed by atoms with Crippen molar-refractivity contribution in [3.63, 3.8) is 0 Å². The molecule has 0 spiro atoms. The van der Waals surface area contributed by atoms with E-state index >= 15 is 0 Å². The van der Waals surface area contributed by atoms with E-state index in [1.807, 2.05) is 6.07 Å². The highest BCUT2D eigenvalue weighted by Crippen LogP contribution is 2.25. The molecule has 2 rings (SSSR count). The van der Waals surface area contributed by atoms with Gasteiger partial charge in [0.05, 0.1) is 5.56 Å². The molecular weight excluding hydrogens is 328 g/mol. The molecule has 1 aliphatic heterocycles. The van der Waals surface area contributed by atoms with Crippen LogP contribution in [-0.4, -0.2) is 48.1 Å². The van der Waals surface area contributed by atoms with Crippen LogP contribution in [0.4, 0.5) is 0 Å². The Balaban J connectivity index is 2.02. The second-order valence-electron chi connectivity index (χ2n) is 4.55. The van der Waals surface area contributed by atoms with E-state index in [2.05, 4.69) is 15.9 Å². The highest BCUT2D eigenvalue weighted by molar-refractivity contribution is 9.09. The zero-order valence-corrected chi connectivity index (χ0v) is 12.7. The third-order valence-corrected chi connectivity index (χ3v) is 3.80. The number of esters is 1. The van der Waals surface area contributed by atoms with Gasteiger partial charge in [0.15, 0.2) is 6.29 Å². The van der Waals surface area contributed by atoms with Gasteiger partial charge in [-0.25, -0.2) is 4.79 Å². The Morgan fingerprint density at radius 2 is 2.15 bits per heavy atom. The third-order valence-electron chi connectivity index (χ3n) is 3.16. The first-order valence-corrected chi connectivity index (χ1v) is 7.46. The van der Waals surface area contributed by atoms with E-state index in [-0.39, 0.29) is 12.5 Å². The molecule has 1 aromatic rings. The number of carbonyl (C=O) groups excluding carboxylic acids is 1. The monoisotopic (exact) mass is 344 g/mol. The fraction of sp³-hybridized carbons (Fsp3) is 0.500. The molecule has 6 heteroatoms. The van der Waals surface area contributed by atoms with Crippen LogP contribution in [0.2, 0.25) is 0 Å². The van der Waals surface area contributed by atoms with Gasteiger partial charge in [0, 0.05) is 18.9 Å². The van der Waals surface area contributed by atoms with Gasteiger partial charge in [0.25, 0.3) is 0 Å². The Labute approximate surface area is 126 Å². The predicted octanol–water partition coefficient (Wildman–Crippen LogP) is 1.73. The van der Waals surface area contributed by atoms with E-state index < -0.39 is 24.5 Å². The molecule has 110 valence electrons. The van der Waals surface area contributed by atoms with Crippen molar-refractivity contribution in [3.05, 3.63) is 35.9 Å². The average molecular weight is 345 g/mol. The summed E-state index contributed by atoms with van der Waals surface area (Å²) in [7, 11) is 1.47. The van der Waals surface area contributed by atoms with Gasteiger partial charge in [0.1, 0.15) is 18.3 Å². The number of carbonyl (C=O) groups is 1. The molecule has 0 aromatic heterocycles. The van der Waals surface area contributed by atoms with Crippen LogP contribution in [0, 0.1) is 0 Å². The molecule has 5 nitrogen and oxygen atoms in total. The summed E-state index contributed by atoms with van der Waals surface area (Å²) in [4.78, 5) is 12.0. The fourth-order valence-corrected chi connectivity index (χ4v) is 2.67. The zero-order valence-electron chi connectivity index (χ0n) is 11.1. The number of hydrogen-bond donors (Lipinski definition) is 1. The van der Waals surface area contributed by atoms with Crippen LogP contribution in [0.3, 0.4) is 0 Å². The summed E-state index contributed by atoms with van der Waals surface area (Å²) in [5, 5.41) is 10.4. The van der Waals surface area contributed by atoms with Crippen LogP contribution < -0.4 is 0 Å². The highest BCUT2D eigenvalue weighted by atomic mass is 79.9. The van der Waals surface area contributed by atoms with E-state index in [9.17, 15) is 9.90 Å². The highest BCUT2D eigenvalue weighted by Gasteiger charge is 2.39. The van der Waals surface area contributed by atoms with Gasteiger partial charge in [-0.15, -0.1) is 0 Å². The van der Waals surface area contributed by atoms with Crippen molar-refractivity contribution in [3.8, 4) is 0 Å². The lowest BCUT2D eigenvalue weighted by Gasteiger charge is -2.37. The molecule has 1 N–H and O–H groups in total. The molecule has 20 heavy (non-hydrogen) atoms. The van der Waals surface area contributed by atoms with Crippen LogP contribution in [0.25, 0.3) is 0 Å². The van der Waals surface area contributed by atoms with E-state index in [1.165, 1.54) is 7.11 Å². The summed E-state index contributed by atoms with van der Waals surface area (Å²) in [6, 6.07) is 8.74. The van der Waals surface area contributed by atoms with Crippen molar-refractivity contribution in [2.75, 3.05) is 12.4 Å². The van der Waals surface area contributed by atoms with E-state index in [1.54, 1.807) is 24.3 Å². The van der Waals surface area contributed by atoms with Crippen LogP contribution in [0.1, 0.15) is 16.8 Å². The first kappa shape index (κ1) is 15.4.